The van der Waals surface area contributed by atoms with Crippen molar-refractivity contribution in [3.05, 3.63) is 0 Å². The molecule has 0 aromatic rings. The molecule has 10 aliphatic carbocycles. The van der Waals surface area contributed by atoms with Crippen molar-refractivity contribution in [1.82, 2.24) is 0 Å². The van der Waals surface area contributed by atoms with Crippen LogP contribution in [0.5, 0.6) is 0 Å². The molecule has 1 aliphatic heterocycles. The Morgan fingerprint density at radius 1 is 0.566 bits per heavy atom. The molecule has 11 nitrogen and oxygen atoms in total. The molecule has 8 atom stereocenters. The minimum absolute atomic E-state index is 0.0307. The summed E-state index contributed by atoms with van der Waals surface area (Å²) in [7, 11) is 0. The van der Waals surface area contributed by atoms with Crippen molar-refractivity contribution in [1.29, 1.82) is 0 Å². The fourth-order valence-corrected chi connectivity index (χ4v) is 15.5. The van der Waals surface area contributed by atoms with E-state index in [1.165, 1.54) is 51.4 Å². The summed E-state index contributed by atoms with van der Waals surface area (Å²) in [6.07, 6.45) is 22.6. The van der Waals surface area contributed by atoms with Gasteiger partial charge in [0.2, 0.25) is 0 Å². The molecule has 1 saturated heterocycles. The first kappa shape index (κ1) is 62.5. The number of ether oxygens (including phenoxy) is 5. The summed E-state index contributed by atoms with van der Waals surface area (Å²) in [5, 5.41) is 10.6. The van der Waals surface area contributed by atoms with Gasteiger partial charge >= 0.3 is 29.8 Å². The van der Waals surface area contributed by atoms with Crippen LogP contribution in [0.2, 0.25) is 0 Å². The SMILES string of the molecule is CCC(C)(C)C(=O)OC1(C(C)(C)C)CCCC1.CCC(C)(C)C(=O)OC1(CC)CC2CC1C1C3CCC(CC3)C21.CCC(C)(C)C(=O)OC12CC3CC(CC(O)(C3)C1)C2.CCC(C)(C)C(=O)O[C@]1(C)COC(=O)C1(C)C. The molecule has 0 aromatic carbocycles. The molecule has 7 unspecified atom stereocenters. The lowest BCUT2D eigenvalue weighted by atomic mass is 9.52. The quantitative estimate of drug-likeness (QED) is 0.139. The van der Waals surface area contributed by atoms with Crippen LogP contribution in [0.3, 0.4) is 0 Å². The maximum Gasteiger partial charge on any atom is 0.315 e. The number of cyclic esters (lactones) is 1. The monoisotopic (exact) mass is 1070 g/mol. The summed E-state index contributed by atoms with van der Waals surface area (Å²) < 4.78 is 28.9. The Balaban J connectivity index is 0.000000166. The van der Waals surface area contributed by atoms with E-state index in [0.29, 0.717) is 30.6 Å². The van der Waals surface area contributed by atoms with Crippen LogP contribution in [-0.2, 0) is 47.7 Å². The average Bonchev–Trinajstić information content (AvgIpc) is 4.13. The summed E-state index contributed by atoms with van der Waals surface area (Å²) in [6.45, 7) is 37.9. The summed E-state index contributed by atoms with van der Waals surface area (Å²) in [6, 6.07) is 0. The molecular formula is C65H110O11. The highest BCUT2D eigenvalue weighted by Gasteiger charge is 2.67. The lowest BCUT2D eigenvalue weighted by Gasteiger charge is -2.59. The summed E-state index contributed by atoms with van der Waals surface area (Å²) >= 11 is 0. The van der Waals surface area contributed by atoms with Crippen LogP contribution < -0.4 is 0 Å². The van der Waals surface area contributed by atoms with Gasteiger partial charge in [-0.1, -0.05) is 55.4 Å². The van der Waals surface area contributed by atoms with Crippen molar-refractivity contribution in [2.75, 3.05) is 6.61 Å². The molecule has 0 radical (unpaired) electrons. The maximum atomic E-state index is 12.8. The molecule has 76 heavy (non-hydrogen) atoms. The molecule has 0 aromatic heterocycles. The zero-order valence-corrected chi connectivity index (χ0v) is 51.7. The molecular weight excluding hydrogens is 957 g/mol. The van der Waals surface area contributed by atoms with Crippen molar-refractivity contribution in [3.63, 3.8) is 0 Å². The van der Waals surface area contributed by atoms with Crippen molar-refractivity contribution in [2.24, 2.45) is 79.8 Å². The first-order valence-electron chi connectivity index (χ1n) is 30.7. The number of aliphatic hydroxyl groups is 1. The molecule has 10 saturated carbocycles. The van der Waals surface area contributed by atoms with E-state index >= 15 is 0 Å². The highest BCUT2D eigenvalue weighted by atomic mass is 16.6. The number of carbonyl (C=O) groups excluding carboxylic acids is 5. The summed E-state index contributed by atoms with van der Waals surface area (Å²) in [4.78, 5) is 61.1. The second-order valence-corrected chi connectivity index (χ2v) is 30.8. The predicted molar refractivity (Wildman–Crippen MR) is 298 cm³/mol. The van der Waals surface area contributed by atoms with Gasteiger partial charge in [-0.2, -0.15) is 0 Å². The van der Waals surface area contributed by atoms with Gasteiger partial charge in [-0.25, -0.2) is 0 Å². The molecule has 1 N–H and O–H groups in total. The molecule has 8 bridgehead atoms. The fourth-order valence-electron chi connectivity index (χ4n) is 15.5. The van der Waals surface area contributed by atoms with E-state index < -0.39 is 27.4 Å². The minimum Gasteiger partial charge on any atom is -0.461 e. The topological polar surface area (TPSA) is 152 Å². The van der Waals surface area contributed by atoms with E-state index in [-0.39, 0.29) is 69.5 Å². The van der Waals surface area contributed by atoms with Crippen LogP contribution in [0.1, 0.15) is 266 Å². The van der Waals surface area contributed by atoms with E-state index in [9.17, 15) is 29.1 Å². The van der Waals surface area contributed by atoms with Gasteiger partial charge < -0.3 is 28.8 Å². The average molecular weight is 1070 g/mol. The van der Waals surface area contributed by atoms with Crippen LogP contribution in [0.25, 0.3) is 0 Å². The van der Waals surface area contributed by atoms with Crippen LogP contribution >= 0.6 is 0 Å². The van der Waals surface area contributed by atoms with Gasteiger partial charge in [-0.15, -0.1) is 0 Å². The van der Waals surface area contributed by atoms with Gasteiger partial charge in [-0.05, 0) is 246 Å². The third kappa shape index (κ3) is 12.2. The zero-order valence-electron chi connectivity index (χ0n) is 51.7. The van der Waals surface area contributed by atoms with Gasteiger partial charge in [0.25, 0.3) is 0 Å². The van der Waals surface area contributed by atoms with Crippen LogP contribution in [0.4, 0.5) is 0 Å². The van der Waals surface area contributed by atoms with Crippen molar-refractivity contribution in [2.45, 2.75) is 294 Å². The molecule has 0 amide bonds. The number of hydrogen-bond donors (Lipinski definition) is 1. The smallest absolute Gasteiger partial charge is 0.315 e. The van der Waals surface area contributed by atoms with E-state index in [1.54, 1.807) is 20.8 Å². The lowest BCUT2D eigenvalue weighted by Crippen LogP contribution is -2.61. The van der Waals surface area contributed by atoms with E-state index in [2.05, 4.69) is 34.6 Å². The Bertz CT molecular complexity index is 2080. The predicted octanol–water partition coefficient (Wildman–Crippen LogP) is 14.9. The van der Waals surface area contributed by atoms with E-state index in [1.807, 2.05) is 76.2 Å². The summed E-state index contributed by atoms with van der Waals surface area (Å²) in [5.74, 6) is 5.74. The van der Waals surface area contributed by atoms with Crippen LogP contribution in [0, 0.1) is 79.8 Å². The van der Waals surface area contributed by atoms with Crippen LogP contribution in [-0.4, -0.2) is 69.6 Å². The number of fused-ring (bicyclic) bond motifs is 4. The van der Waals surface area contributed by atoms with Crippen molar-refractivity contribution >= 4 is 29.8 Å². The lowest BCUT2D eigenvalue weighted by molar-refractivity contribution is -0.225. The number of rotatable bonds is 13. The second-order valence-electron chi connectivity index (χ2n) is 30.8. The Morgan fingerprint density at radius 3 is 1.41 bits per heavy atom. The standard InChI is InChI=1S/C21H34O2.C16H26O3.C15H28O2.C13H22O4/c1-5-20(3,4)19(22)23-21(6-2)12-15-11-16(21)18-14-9-7-13(8-10-14)17(15)18;1-4-14(2,3)13(17)19-16-8-11-5-12(9-16)7-15(18,6-11)10-16;1-7-14(5,6)12(16)17-15(13(2,3)4)10-8-9-11-15;1-7-11(2,3)9(14)17-13(6)8-16-10(15)12(13,4)5/h13-18H,5-12H2,1-4H3;11-12,18H,4-10H2,1-3H3;7-11H2,1-6H3;7-8H2,1-6H3/t;;;13-/m...1/s1. The fraction of sp³-hybridized carbons (Fsp3) is 0.923. The minimum atomic E-state index is -0.881. The van der Waals surface area contributed by atoms with Gasteiger partial charge in [-0.3, -0.25) is 24.0 Å². The third-order valence-electron chi connectivity index (χ3n) is 22.8. The normalized spacial score (nSPS) is 36.3. The molecule has 11 fully saturated rings. The van der Waals surface area contributed by atoms with E-state index in [0.717, 1.165) is 100 Å². The zero-order chi connectivity index (χ0) is 57.1. The molecule has 11 rings (SSSR count). The highest BCUT2D eigenvalue weighted by molar-refractivity contribution is 5.82. The van der Waals surface area contributed by atoms with Crippen molar-refractivity contribution in [3.8, 4) is 0 Å². The first-order valence-corrected chi connectivity index (χ1v) is 30.7. The van der Waals surface area contributed by atoms with E-state index in [4.69, 9.17) is 23.7 Å². The molecule has 436 valence electrons. The second kappa shape index (κ2) is 22.0. The third-order valence-corrected chi connectivity index (χ3v) is 22.8. The summed E-state index contributed by atoms with van der Waals surface area (Å²) in [5.41, 5.74) is -4.58. The Hall–Kier alpha value is -2.69. The van der Waals surface area contributed by atoms with Crippen molar-refractivity contribution < 1.29 is 52.8 Å². The largest absolute Gasteiger partial charge is 0.461 e. The highest BCUT2D eigenvalue weighted by Crippen LogP contribution is 2.69. The van der Waals surface area contributed by atoms with Gasteiger partial charge in [0.05, 0.1) is 27.3 Å². The van der Waals surface area contributed by atoms with Crippen LogP contribution in [0.15, 0.2) is 0 Å². The number of hydrogen-bond acceptors (Lipinski definition) is 11. The molecule has 0 spiro atoms. The van der Waals surface area contributed by atoms with Gasteiger partial charge in [0.1, 0.15) is 28.8 Å². The Kier molecular flexibility index (Phi) is 18.1. The maximum absolute atomic E-state index is 12.8. The Morgan fingerprint density at radius 2 is 1.00 bits per heavy atom. The molecule has 11 aliphatic rings. The van der Waals surface area contributed by atoms with Gasteiger partial charge in [0, 0.05) is 17.8 Å². The first-order chi connectivity index (χ1) is 34.9. The van der Waals surface area contributed by atoms with Gasteiger partial charge in [0.15, 0.2) is 5.60 Å². The molecule has 11 heteroatoms. The Labute approximate surface area is 461 Å². The number of esters is 5. The number of carbonyl (C=O) groups is 5. The molecule has 1 heterocycles.